The quantitative estimate of drug-likeness (QED) is 0.718. The zero-order chi connectivity index (χ0) is 17.3. The fourth-order valence-corrected chi connectivity index (χ4v) is 3.18. The van der Waals surface area contributed by atoms with Gasteiger partial charge in [-0.1, -0.05) is 38.1 Å². The monoisotopic (exact) mass is 342 g/mol. The summed E-state index contributed by atoms with van der Waals surface area (Å²) in [6, 6.07) is 9.16. The molecule has 0 spiro atoms. The second-order valence-electron chi connectivity index (χ2n) is 6.59. The van der Waals surface area contributed by atoms with Crippen LogP contribution in [0.2, 0.25) is 0 Å². The van der Waals surface area contributed by atoms with Gasteiger partial charge in [-0.15, -0.1) is 11.3 Å². The van der Waals surface area contributed by atoms with Gasteiger partial charge in [0.1, 0.15) is 10.7 Å². The molecule has 1 N–H and O–H groups in total. The number of anilines is 1. The van der Waals surface area contributed by atoms with E-state index in [9.17, 15) is 9.59 Å². The third kappa shape index (κ3) is 3.23. The van der Waals surface area contributed by atoms with Crippen LogP contribution >= 0.6 is 11.3 Å². The maximum atomic E-state index is 12.4. The molecule has 0 radical (unpaired) electrons. The third-order valence-corrected chi connectivity index (χ3v) is 4.45. The lowest BCUT2D eigenvalue weighted by atomic mass is 9.87. The fourth-order valence-electron chi connectivity index (χ4n) is 2.38. The van der Waals surface area contributed by atoms with Crippen molar-refractivity contribution in [1.29, 1.82) is 0 Å². The first kappa shape index (κ1) is 16.4. The molecule has 2 aromatic heterocycles. The van der Waals surface area contributed by atoms with Gasteiger partial charge in [0.25, 0.3) is 0 Å². The smallest absolute Gasteiger partial charge is 0.231 e. The summed E-state index contributed by atoms with van der Waals surface area (Å²) in [6.45, 7) is 5.58. The van der Waals surface area contributed by atoms with Crippen molar-refractivity contribution in [3.63, 3.8) is 0 Å². The molecule has 0 fully saturated rings. The van der Waals surface area contributed by atoms with E-state index in [1.54, 1.807) is 11.4 Å². The second-order valence-corrected chi connectivity index (χ2v) is 7.51. The van der Waals surface area contributed by atoms with Crippen LogP contribution in [0.15, 0.2) is 40.2 Å². The van der Waals surface area contributed by atoms with Crippen molar-refractivity contribution in [3.8, 4) is 0 Å². The van der Waals surface area contributed by atoms with Crippen LogP contribution in [-0.2, 0) is 11.2 Å². The Labute approximate surface area is 143 Å². The second kappa shape index (κ2) is 6.20. The molecule has 24 heavy (non-hydrogen) atoms. The van der Waals surface area contributed by atoms with Gasteiger partial charge in [0, 0.05) is 10.8 Å². The number of rotatable bonds is 4. The molecule has 0 aliphatic heterocycles. The number of carbonyl (C=O) groups is 2. The fraction of sp³-hybridized carbons (Fsp3) is 0.278. The minimum atomic E-state index is -0.497. The van der Waals surface area contributed by atoms with Gasteiger partial charge in [-0.25, -0.2) is 0 Å². The zero-order valence-corrected chi connectivity index (χ0v) is 14.6. The molecule has 1 amide bonds. The van der Waals surface area contributed by atoms with Gasteiger partial charge < -0.3 is 9.84 Å². The van der Waals surface area contributed by atoms with Crippen molar-refractivity contribution in [2.75, 3.05) is 5.32 Å². The number of aromatic nitrogens is 1. The van der Waals surface area contributed by atoms with E-state index < -0.39 is 5.41 Å². The maximum Gasteiger partial charge on any atom is 0.231 e. The van der Waals surface area contributed by atoms with Gasteiger partial charge in [0.2, 0.25) is 5.91 Å². The summed E-state index contributed by atoms with van der Waals surface area (Å²) in [6.07, 6.45) is 0.0953. The highest BCUT2D eigenvalue weighted by Crippen LogP contribution is 2.30. The number of para-hydroxylation sites is 1. The standard InChI is InChI=1S/C18H18N2O3S/c1-18(2,3)16(22)12-8-9-24-17(12)19-15(21)10-13-11-6-4-5-7-14(11)23-20-13/h4-9H,10H2,1-3H3,(H,19,21). The zero-order valence-electron chi connectivity index (χ0n) is 13.8. The SMILES string of the molecule is CC(C)(C)C(=O)c1ccsc1NC(=O)Cc1noc2ccccc12. The Morgan fingerprint density at radius 3 is 2.71 bits per heavy atom. The van der Waals surface area contributed by atoms with Crippen molar-refractivity contribution >= 4 is 39.0 Å². The number of nitrogens with zero attached hydrogens (tertiary/aromatic N) is 1. The molecule has 2 heterocycles. The lowest BCUT2D eigenvalue weighted by Crippen LogP contribution is -2.22. The van der Waals surface area contributed by atoms with Crippen LogP contribution in [0.3, 0.4) is 0 Å². The summed E-state index contributed by atoms with van der Waals surface area (Å²) in [5, 5.41) is 9.99. The molecule has 124 valence electrons. The first-order valence-corrected chi connectivity index (χ1v) is 8.49. The van der Waals surface area contributed by atoms with E-state index in [-0.39, 0.29) is 18.1 Å². The summed E-state index contributed by atoms with van der Waals surface area (Å²) in [5.41, 5.74) is 1.29. The number of amides is 1. The summed E-state index contributed by atoms with van der Waals surface area (Å²) in [4.78, 5) is 24.8. The number of fused-ring (bicyclic) bond motifs is 1. The Morgan fingerprint density at radius 1 is 1.21 bits per heavy atom. The highest BCUT2D eigenvalue weighted by molar-refractivity contribution is 7.14. The molecule has 3 rings (SSSR count). The number of thiophene rings is 1. The van der Waals surface area contributed by atoms with Crippen molar-refractivity contribution in [1.82, 2.24) is 5.16 Å². The van der Waals surface area contributed by atoms with Gasteiger partial charge in [-0.2, -0.15) is 0 Å². The molecule has 0 aliphatic rings. The summed E-state index contributed by atoms with van der Waals surface area (Å²) >= 11 is 1.34. The average molecular weight is 342 g/mol. The van der Waals surface area contributed by atoms with E-state index in [0.717, 1.165) is 5.39 Å². The van der Waals surface area contributed by atoms with Crippen LogP contribution in [0.5, 0.6) is 0 Å². The van der Waals surface area contributed by atoms with Crippen LogP contribution < -0.4 is 5.32 Å². The van der Waals surface area contributed by atoms with Crippen LogP contribution in [0.1, 0.15) is 36.8 Å². The van der Waals surface area contributed by atoms with Gasteiger partial charge in [-0.05, 0) is 23.6 Å². The number of carbonyl (C=O) groups excluding carboxylic acids is 2. The van der Waals surface area contributed by atoms with E-state index in [4.69, 9.17) is 4.52 Å². The first-order chi connectivity index (χ1) is 11.4. The van der Waals surface area contributed by atoms with Crippen LogP contribution in [0.4, 0.5) is 5.00 Å². The number of nitrogens with one attached hydrogen (secondary N) is 1. The molecule has 0 saturated carbocycles. The average Bonchev–Trinajstić information content (AvgIpc) is 3.13. The maximum absolute atomic E-state index is 12.4. The van der Waals surface area contributed by atoms with E-state index in [1.807, 2.05) is 45.0 Å². The normalized spacial score (nSPS) is 11.6. The van der Waals surface area contributed by atoms with Crippen molar-refractivity contribution in [2.45, 2.75) is 27.2 Å². The predicted octanol–water partition coefficient (Wildman–Crippen LogP) is 4.30. The molecule has 5 nitrogen and oxygen atoms in total. The summed E-state index contributed by atoms with van der Waals surface area (Å²) in [5.74, 6) is -0.217. The largest absolute Gasteiger partial charge is 0.356 e. The Kier molecular flexibility index (Phi) is 4.24. The number of hydrogen-bond acceptors (Lipinski definition) is 5. The minimum absolute atomic E-state index is 0.00550. The molecule has 3 aromatic rings. The van der Waals surface area contributed by atoms with E-state index in [1.165, 1.54) is 11.3 Å². The van der Waals surface area contributed by atoms with E-state index >= 15 is 0 Å². The van der Waals surface area contributed by atoms with Gasteiger partial charge >= 0.3 is 0 Å². The highest BCUT2D eigenvalue weighted by Gasteiger charge is 2.26. The summed E-state index contributed by atoms with van der Waals surface area (Å²) < 4.78 is 5.21. The van der Waals surface area contributed by atoms with Gasteiger partial charge in [0.05, 0.1) is 12.0 Å². The Balaban J connectivity index is 1.77. The van der Waals surface area contributed by atoms with Crippen LogP contribution in [0, 0.1) is 5.41 Å². The van der Waals surface area contributed by atoms with Crippen molar-refractivity contribution < 1.29 is 14.1 Å². The Bertz CT molecular complexity index is 902. The lowest BCUT2D eigenvalue weighted by Gasteiger charge is -2.16. The summed E-state index contributed by atoms with van der Waals surface area (Å²) in [7, 11) is 0. The van der Waals surface area contributed by atoms with Crippen molar-refractivity contribution in [3.05, 3.63) is 47.0 Å². The Morgan fingerprint density at radius 2 is 1.96 bits per heavy atom. The molecule has 1 aromatic carbocycles. The van der Waals surface area contributed by atoms with Crippen LogP contribution in [-0.4, -0.2) is 16.8 Å². The third-order valence-electron chi connectivity index (χ3n) is 3.62. The van der Waals surface area contributed by atoms with Gasteiger partial charge in [0.15, 0.2) is 11.4 Å². The molecule has 0 saturated heterocycles. The first-order valence-electron chi connectivity index (χ1n) is 7.61. The van der Waals surface area contributed by atoms with Crippen LogP contribution in [0.25, 0.3) is 11.0 Å². The molecule has 6 heteroatoms. The molecule has 0 aliphatic carbocycles. The number of hydrogen-bond donors (Lipinski definition) is 1. The number of ketones is 1. The predicted molar refractivity (Wildman–Crippen MR) is 94.4 cm³/mol. The van der Waals surface area contributed by atoms with E-state index in [2.05, 4.69) is 10.5 Å². The molecule has 0 atom stereocenters. The van der Waals surface area contributed by atoms with Gasteiger partial charge in [-0.3, -0.25) is 9.59 Å². The minimum Gasteiger partial charge on any atom is -0.356 e. The number of Topliss-reactive ketones (excluding diaryl/α,β-unsaturated/α-hetero) is 1. The topological polar surface area (TPSA) is 72.2 Å². The molecular formula is C18H18N2O3S. The Hall–Kier alpha value is -2.47. The molecular weight excluding hydrogens is 324 g/mol. The lowest BCUT2D eigenvalue weighted by molar-refractivity contribution is -0.115. The highest BCUT2D eigenvalue weighted by atomic mass is 32.1. The molecule has 0 bridgehead atoms. The molecule has 0 unspecified atom stereocenters. The van der Waals surface area contributed by atoms with Crippen molar-refractivity contribution in [2.24, 2.45) is 5.41 Å². The number of benzene rings is 1. The van der Waals surface area contributed by atoms with E-state index in [0.29, 0.717) is 21.8 Å².